The van der Waals surface area contributed by atoms with Crippen molar-refractivity contribution in [1.29, 1.82) is 0 Å². The first-order chi connectivity index (χ1) is 9.13. The van der Waals surface area contributed by atoms with Crippen LogP contribution in [0.3, 0.4) is 0 Å². The van der Waals surface area contributed by atoms with Crippen LogP contribution in [0, 0.1) is 25.7 Å². The summed E-state index contributed by atoms with van der Waals surface area (Å²) < 4.78 is 1.70. The summed E-state index contributed by atoms with van der Waals surface area (Å²) in [5.41, 5.74) is 5.68. The van der Waals surface area contributed by atoms with Crippen molar-refractivity contribution >= 4 is 11.6 Å². The van der Waals surface area contributed by atoms with Crippen LogP contribution in [0.4, 0.5) is 0 Å². The van der Waals surface area contributed by atoms with E-state index in [9.17, 15) is 4.79 Å². The fourth-order valence-corrected chi connectivity index (χ4v) is 2.80. The number of hydrazone groups is 1. The molecule has 3 rings (SSSR count). The molecule has 0 aliphatic heterocycles. The van der Waals surface area contributed by atoms with Gasteiger partial charge < -0.3 is 0 Å². The van der Waals surface area contributed by atoms with E-state index < -0.39 is 0 Å². The van der Waals surface area contributed by atoms with Crippen molar-refractivity contribution in [3.05, 3.63) is 29.6 Å². The Labute approximate surface area is 112 Å². The molecule has 1 aromatic rings. The Morgan fingerprint density at radius 3 is 3.11 bits per heavy atom. The maximum Gasteiger partial charge on any atom is 0.261 e. The van der Waals surface area contributed by atoms with Crippen LogP contribution < -0.4 is 5.43 Å². The Morgan fingerprint density at radius 1 is 1.58 bits per heavy atom. The van der Waals surface area contributed by atoms with Crippen LogP contribution in [-0.4, -0.2) is 21.4 Å². The summed E-state index contributed by atoms with van der Waals surface area (Å²) in [7, 11) is 0. The van der Waals surface area contributed by atoms with E-state index in [1.54, 1.807) is 4.68 Å². The second-order valence-electron chi connectivity index (χ2n) is 5.36. The number of carbonyl (C=O) groups is 1. The van der Waals surface area contributed by atoms with E-state index in [0.29, 0.717) is 11.8 Å². The molecule has 5 nitrogen and oxygen atoms in total. The molecule has 2 aliphatic carbocycles. The van der Waals surface area contributed by atoms with Crippen molar-refractivity contribution in [3.63, 3.8) is 0 Å². The molecule has 100 valence electrons. The molecule has 1 N–H and O–H groups in total. The van der Waals surface area contributed by atoms with Crippen molar-refractivity contribution in [1.82, 2.24) is 15.2 Å². The standard InChI is InChI=1S/C14H18N4O/c1-9-6-10(2)18(17-9)8-14(19)16-15-13-7-11-4-3-5-12(11)13/h3-4,6,11-12H,5,7-8H2,1-2H3,(H,16,19)/b15-13-/t11-,12-/m1/s1. The molecule has 1 amide bonds. The van der Waals surface area contributed by atoms with Crippen LogP contribution >= 0.6 is 0 Å². The highest BCUT2D eigenvalue weighted by atomic mass is 16.2. The van der Waals surface area contributed by atoms with Crippen LogP contribution in [0.25, 0.3) is 0 Å². The number of aryl methyl sites for hydroxylation is 2. The van der Waals surface area contributed by atoms with Crippen LogP contribution in [0.1, 0.15) is 24.2 Å². The van der Waals surface area contributed by atoms with E-state index >= 15 is 0 Å². The van der Waals surface area contributed by atoms with E-state index in [-0.39, 0.29) is 12.5 Å². The minimum absolute atomic E-state index is 0.117. The van der Waals surface area contributed by atoms with Gasteiger partial charge in [0.25, 0.3) is 5.91 Å². The number of carbonyl (C=O) groups excluding carboxylic acids is 1. The van der Waals surface area contributed by atoms with E-state index in [1.807, 2.05) is 19.9 Å². The number of aromatic nitrogens is 2. The van der Waals surface area contributed by atoms with Crippen molar-refractivity contribution < 1.29 is 4.79 Å². The molecule has 0 saturated heterocycles. The molecule has 0 bridgehead atoms. The third-order valence-corrected chi connectivity index (χ3v) is 3.88. The monoisotopic (exact) mass is 258 g/mol. The summed E-state index contributed by atoms with van der Waals surface area (Å²) in [5.74, 6) is 1.08. The fraction of sp³-hybridized carbons (Fsp3) is 0.500. The van der Waals surface area contributed by atoms with Crippen LogP contribution in [0.15, 0.2) is 23.3 Å². The molecule has 1 fully saturated rings. The van der Waals surface area contributed by atoms with Gasteiger partial charge in [-0.05, 0) is 38.7 Å². The highest BCUT2D eigenvalue weighted by Gasteiger charge is 2.37. The number of hydrogen-bond acceptors (Lipinski definition) is 3. The van der Waals surface area contributed by atoms with Gasteiger partial charge in [-0.25, -0.2) is 5.43 Å². The lowest BCUT2D eigenvalue weighted by atomic mass is 9.74. The molecule has 1 heterocycles. The first-order valence-electron chi connectivity index (χ1n) is 6.66. The Bertz CT molecular complexity index is 570. The van der Waals surface area contributed by atoms with Gasteiger partial charge in [-0.15, -0.1) is 0 Å². The number of fused-ring (bicyclic) bond motifs is 1. The molecule has 2 aliphatic rings. The normalized spacial score (nSPS) is 26.3. The summed E-state index contributed by atoms with van der Waals surface area (Å²) in [6, 6.07) is 1.96. The zero-order valence-corrected chi connectivity index (χ0v) is 11.3. The summed E-state index contributed by atoms with van der Waals surface area (Å²) in [4.78, 5) is 11.8. The molecule has 0 unspecified atom stereocenters. The molecule has 0 radical (unpaired) electrons. The number of nitrogens with zero attached hydrogens (tertiary/aromatic N) is 3. The lowest BCUT2D eigenvalue weighted by molar-refractivity contribution is -0.121. The van der Waals surface area contributed by atoms with Crippen LogP contribution in [0.2, 0.25) is 0 Å². The lowest BCUT2D eigenvalue weighted by Gasteiger charge is -2.31. The minimum atomic E-state index is -0.117. The maximum atomic E-state index is 11.8. The SMILES string of the molecule is Cc1cc(C)n(CC(=O)N/N=C2/C[C@H]3C=CC[C@@H]23)n1. The van der Waals surface area contributed by atoms with Crippen molar-refractivity contribution in [3.8, 4) is 0 Å². The summed E-state index contributed by atoms with van der Waals surface area (Å²) in [5, 5.41) is 8.50. The number of hydrogen-bond donors (Lipinski definition) is 1. The Kier molecular flexibility index (Phi) is 2.97. The highest BCUT2D eigenvalue weighted by Crippen LogP contribution is 2.39. The van der Waals surface area contributed by atoms with Gasteiger partial charge in [0.05, 0.1) is 5.69 Å². The maximum absolute atomic E-state index is 11.8. The van der Waals surface area contributed by atoms with E-state index in [0.717, 1.165) is 29.9 Å². The third-order valence-electron chi connectivity index (χ3n) is 3.88. The van der Waals surface area contributed by atoms with Crippen LogP contribution in [-0.2, 0) is 11.3 Å². The fourth-order valence-electron chi connectivity index (χ4n) is 2.80. The Morgan fingerprint density at radius 2 is 2.42 bits per heavy atom. The van der Waals surface area contributed by atoms with Gasteiger partial charge >= 0.3 is 0 Å². The number of rotatable bonds is 3. The number of allylic oxidation sites excluding steroid dienone is 2. The van der Waals surface area contributed by atoms with E-state index in [4.69, 9.17) is 0 Å². The van der Waals surface area contributed by atoms with Gasteiger partial charge in [0.1, 0.15) is 6.54 Å². The molecule has 5 heteroatoms. The van der Waals surface area contributed by atoms with Gasteiger partial charge in [0.15, 0.2) is 0 Å². The van der Waals surface area contributed by atoms with Crippen LogP contribution in [0.5, 0.6) is 0 Å². The first kappa shape index (κ1) is 12.1. The van der Waals surface area contributed by atoms with Gasteiger partial charge in [0.2, 0.25) is 0 Å². The van der Waals surface area contributed by atoms with Crippen molar-refractivity contribution in [2.45, 2.75) is 33.2 Å². The molecule has 1 aromatic heterocycles. The minimum Gasteiger partial charge on any atom is -0.271 e. The Hall–Kier alpha value is -1.91. The molecule has 2 atom stereocenters. The molecule has 19 heavy (non-hydrogen) atoms. The topological polar surface area (TPSA) is 59.3 Å². The lowest BCUT2D eigenvalue weighted by Crippen LogP contribution is -2.36. The van der Waals surface area contributed by atoms with E-state index in [1.165, 1.54) is 0 Å². The third kappa shape index (κ3) is 2.32. The zero-order valence-electron chi connectivity index (χ0n) is 11.3. The summed E-state index contributed by atoms with van der Waals surface area (Å²) >= 11 is 0. The second-order valence-corrected chi connectivity index (χ2v) is 5.36. The van der Waals surface area contributed by atoms with Gasteiger partial charge in [-0.1, -0.05) is 12.2 Å². The highest BCUT2D eigenvalue weighted by molar-refractivity contribution is 5.94. The largest absolute Gasteiger partial charge is 0.271 e. The molecule has 1 saturated carbocycles. The molecular formula is C14H18N4O. The van der Waals surface area contributed by atoms with Crippen molar-refractivity contribution in [2.24, 2.45) is 16.9 Å². The second kappa shape index (κ2) is 4.64. The van der Waals surface area contributed by atoms with Gasteiger partial charge in [0, 0.05) is 17.3 Å². The zero-order chi connectivity index (χ0) is 13.4. The smallest absolute Gasteiger partial charge is 0.261 e. The van der Waals surface area contributed by atoms with Gasteiger partial charge in [-0.3, -0.25) is 9.48 Å². The average molecular weight is 258 g/mol. The van der Waals surface area contributed by atoms with E-state index in [2.05, 4.69) is 27.8 Å². The van der Waals surface area contributed by atoms with Crippen molar-refractivity contribution in [2.75, 3.05) is 0 Å². The first-order valence-corrected chi connectivity index (χ1v) is 6.66. The molecule has 0 aromatic carbocycles. The molecule has 0 spiro atoms. The average Bonchev–Trinajstić information content (AvgIpc) is 2.83. The predicted octanol–water partition coefficient (Wildman–Crippen LogP) is 1.57. The Balaban J connectivity index is 1.55. The number of amides is 1. The molecular weight excluding hydrogens is 240 g/mol. The van der Waals surface area contributed by atoms with Gasteiger partial charge in [-0.2, -0.15) is 10.2 Å². The summed E-state index contributed by atoms with van der Waals surface area (Å²) in [6.45, 7) is 4.09. The predicted molar refractivity (Wildman–Crippen MR) is 72.6 cm³/mol. The summed E-state index contributed by atoms with van der Waals surface area (Å²) in [6.07, 6.45) is 6.51. The quantitative estimate of drug-likeness (QED) is 0.661. The number of nitrogens with one attached hydrogen (secondary N) is 1.